The highest BCUT2D eigenvalue weighted by Gasteiger charge is 2.35. The summed E-state index contributed by atoms with van der Waals surface area (Å²) < 4.78 is 23.3. The van der Waals surface area contributed by atoms with E-state index >= 15 is 0 Å². The van der Waals surface area contributed by atoms with Crippen molar-refractivity contribution in [3.63, 3.8) is 0 Å². The summed E-state index contributed by atoms with van der Waals surface area (Å²) >= 11 is 8.21. The Morgan fingerprint density at radius 3 is 1.97 bits per heavy atom. The fourth-order valence-corrected chi connectivity index (χ4v) is 4.62. The number of nitrogen functional groups attached to an aromatic ring is 1. The minimum absolute atomic E-state index is 0.0285. The zero-order chi connectivity index (χ0) is 24.8. The summed E-state index contributed by atoms with van der Waals surface area (Å²) in [6.07, 6.45) is 0.127. The lowest BCUT2D eigenvalue weighted by Gasteiger charge is -2.21. The molecule has 0 unspecified atom stereocenters. The first-order chi connectivity index (χ1) is 16.2. The number of fused-ring (bicyclic) bond motifs is 1. The van der Waals surface area contributed by atoms with Crippen molar-refractivity contribution in [1.82, 2.24) is 5.32 Å². The molecule has 0 fully saturated rings. The van der Waals surface area contributed by atoms with Gasteiger partial charge in [-0.1, -0.05) is 35.5 Å². The van der Waals surface area contributed by atoms with Gasteiger partial charge in [0.1, 0.15) is 35.7 Å². The van der Waals surface area contributed by atoms with E-state index in [1.54, 1.807) is 6.07 Å². The van der Waals surface area contributed by atoms with Crippen LogP contribution in [0.25, 0.3) is 0 Å². The molecule has 1 aliphatic rings. The number of rotatable bonds is 12. The predicted octanol–water partition coefficient (Wildman–Crippen LogP) is 4.93. The molecule has 2 aromatic rings. The molecular formula is C24H31ClN4O4S. The van der Waals surface area contributed by atoms with Gasteiger partial charge in [0.25, 0.3) is 0 Å². The summed E-state index contributed by atoms with van der Waals surface area (Å²) in [6.45, 7) is 9.00. The third-order valence-electron chi connectivity index (χ3n) is 4.75. The number of anilines is 1. The summed E-state index contributed by atoms with van der Waals surface area (Å²) in [6, 6.07) is 7.43. The normalized spacial score (nSPS) is 12.9. The Morgan fingerprint density at radius 1 is 0.882 bits per heavy atom. The molecule has 0 bridgehead atoms. The molecule has 3 rings (SSSR count). The predicted molar refractivity (Wildman–Crippen MR) is 136 cm³/mol. The van der Waals surface area contributed by atoms with E-state index in [0.29, 0.717) is 46.4 Å². The van der Waals surface area contributed by atoms with E-state index in [1.807, 2.05) is 45.9 Å². The Kier molecular flexibility index (Phi) is 9.07. The van der Waals surface area contributed by atoms with Crippen LogP contribution in [0, 0.1) is 10.8 Å². The molecule has 0 radical (unpaired) electrons. The molecule has 0 saturated heterocycles. The van der Waals surface area contributed by atoms with Gasteiger partial charge in [-0.05, 0) is 39.8 Å². The van der Waals surface area contributed by atoms with Crippen molar-refractivity contribution in [2.75, 3.05) is 32.2 Å². The molecule has 0 saturated carbocycles. The molecule has 1 aliphatic heterocycles. The van der Waals surface area contributed by atoms with Crippen LogP contribution >= 0.6 is 23.4 Å². The zero-order valence-electron chi connectivity index (χ0n) is 19.8. The highest BCUT2D eigenvalue weighted by molar-refractivity contribution is 7.99. The van der Waals surface area contributed by atoms with Crippen LogP contribution in [0.5, 0.6) is 11.5 Å². The van der Waals surface area contributed by atoms with Gasteiger partial charge in [-0.3, -0.25) is 10.8 Å². The monoisotopic (exact) mass is 506 g/mol. The van der Waals surface area contributed by atoms with Gasteiger partial charge in [0.15, 0.2) is 5.75 Å². The third-order valence-corrected chi connectivity index (χ3v) is 6.41. The first kappa shape index (κ1) is 26.2. The molecule has 0 aromatic heterocycles. The van der Waals surface area contributed by atoms with E-state index in [-0.39, 0.29) is 42.1 Å². The topological polar surface area (TPSA) is 123 Å². The van der Waals surface area contributed by atoms with Crippen molar-refractivity contribution in [3.8, 4) is 11.5 Å². The summed E-state index contributed by atoms with van der Waals surface area (Å²) in [5.41, 5.74) is 7.60. The van der Waals surface area contributed by atoms with Crippen LogP contribution in [0.15, 0.2) is 34.1 Å². The van der Waals surface area contributed by atoms with Gasteiger partial charge in [0.2, 0.25) is 0 Å². The van der Waals surface area contributed by atoms with Gasteiger partial charge >= 0.3 is 0 Å². The average molecular weight is 507 g/mol. The number of nitrogens with two attached hydrogens (primary N) is 1. The van der Waals surface area contributed by atoms with Crippen molar-refractivity contribution >= 4 is 40.7 Å². The summed E-state index contributed by atoms with van der Waals surface area (Å²) in [5, 5.41) is 19.9. The number of hydrogen-bond acceptors (Lipinski definition) is 8. The molecule has 184 valence electrons. The molecular weight excluding hydrogens is 476 g/mol. The van der Waals surface area contributed by atoms with Crippen LogP contribution in [-0.2, 0) is 9.47 Å². The maximum atomic E-state index is 8.49. The standard InChI is InChI=1S/C24H31ClN4O4S/c1-13(2)30-9-11-32-20-17-18(24(28)29-23(17)27)21(33-12-10-31-14(3)4)22(19(20)25)34-16-8-6-5-7-15(16)26/h5-8,13-14H,9-12,26H2,1-4H3,(H3,27,28,29). The van der Waals surface area contributed by atoms with Crippen molar-refractivity contribution < 1.29 is 18.9 Å². The second-order valence-electron chi connectivity index (χ2n) is 8.10. The zero-order valence-corrected chi connectivity index (χ0v) is 21.4. The number of benzene rings is 2. The Labute approximate surface area is 209 Å². The number of nitrogens with one attached hydrogen (secondary N) is 3. The van der Waals surface area contributed by atoms with Crippen LogP contribution < -0.4 is 20.5 Å². The van der Waals surface area contributed by atoms with Crippen LogP contribution in [0.1, 0.15) is 38.8 Å². The minimum atomic E-state index is 0.0285. The fourth-order valence-electron chi connectivity index (χ4n) is 3.28. The summed E-state index contributed by atoms with van der Waals surface area (Å²) in [4.78, 5) is 1.35. The molecule has 10 heteroatoms. The fraction of sp³-hybridized carbons (Fsp3) is 0.417. The quantitative estimate of drug-likeness (QED) is 0.237. The first-order valence-corrected chi connectivity index (χ1v) is 12.3. The Bertz CT molecular complexity index is 1060. The first-order valence-electron chi connectivity index (χ1n) is 11.1. The van der Waals surface area contributed by atoms with Crippen LogP contribution in [-0.4, -0.2) is 50.3 Å². The van der Waals surface area contributed by atoms with Crippen molar-refractivity contribution in [3.05, 3.63) is 40.4 Å². The molecule has 2 aromatic carbocycles. The number of ether oxygens (including phenoxy) is 4. The number of halogens is 1. The third kappa shape index (κ3) is 6.15. The van der Waals surface area contributed by atoms with E-state index in [9.17, 15) is 0 Å². The van der Waals surface area contributed by atoms with Crippen molar-refractivity contribution in [1.29, 1.82) is 10.8 Å². The minimum Gasteiger partial charge on any atom is -0.489 e. The van der Waals surface area contributed by atoms with E-state index in [1.165, 1.54) is 11.8 Å². The summed E-state index contributed by atoms with van der Waals surface area (Å²) in [7, 11) is 0. The molecule has 5 N–H and O–H groups in total. The summed E-state index contributed by atoms with van der Waals surface area (Å²) in [5.74, 6) is 0.779. The van der Waals surface area contributed by atoms with E-state index in [0.717, 1.165) is 4.90 Å². The van der Waals surface area contributed by atoms with Crippen LogP contribution in [0.4, 0.5) is 5.69 Å². The molecule has 0 aliphatic carbocycles. The molecule has 34 heavy (non-hydrogen) atoms. The highest BCUT2D eigenvalue weighted by Crippen LogP contribution is 2.51. The Hall–Kier alpha value is -2.46. The van der Waals surface area contributed by atoms with Gasteiger partial charge in [0.05, 0.1) is 41.4 Å². The van der Waals surface area contributed by atoms with Gasteiger partial charge in [0, 0.05) is 10.6 Å². The van der Waals surface area contributed by atoms with Gasteiger partial charge in [-0.15, -0.1) is 0 Å². The largest absolute Gasteiger partial charge is 0.489 e. The van der Waals surface area contributed by atoms with Crippen LogP contribution in [0.3, 0.4) is 0 Å². The lowest BCUT2D eigenvalue weighted by molar-refractivity contribution is 0.0538. The van der Waals surface area contributed by atoms with Crippen LogP contribution in [0.2, 0.25) is 5.02 Å². The second kappa shape index (κ2) is 11.8. The lowest BCUT2D eigenvalue weighted by Crippen LogP contribution is -2.20. The van der Waals surface area contributed by atoms with Gasteiger partial charge in [-0.2, -0.15) is 0 Å². The number of hydrogen-bond donors (Lipinski definition) is 4. The number of amidine groups is 2. The average Bonchev–Trinajstić information content (AvgIpc) is 3.06. The molecule has 1 heterocycles. The SMILES string of the molecule is CC(C)OCCOc1c(Cl)c(Sc2ccccc2N)c(OCCOC(C)C)c2c1C(=N)NC2=N. The molecule has 0 spiro atoms. The lowest BCUT2D eigenvalue weighted by atomic mass is 10.1. The van der Waals surface area contributed by atoms with Crippen molar-refractivity contribution in [2.45, 2.75) is 49.7 Å². The smallest absolute Gasteiger partial charge is 0.151 e. The van der Waals surface area contributed by atoms with Gasteiger partial charge in [-0.25, -0.2) is 0 Å². The molecule has 0 amide bonds. The Morgan fingerprint density at radius 2 is 1.41 bits per heavy atom. The van der Waals surface area contributed by atoms with Crippen molar-refractivity contribution in [2.24, 2.45) is 0 Å². The molecule has 0 atom stereocenters. The van der Waals surface area contributed by atoms with E-state index in [2.05, 4.69) is 5.32 Å². The Balaban J connectivity index is 2.06. The molecule has 8 nitrogen and oxygen atoms in total. The maximum Gasteiger partial charge on any atom is 0.151 e. The highest BCUT2D eigenvalue weighted by atomic mass is 35.5. The number of para-hydroxylation sites is 1. The second-order valence-corrected chi connectivity index (χ2v) is 9.53. The van der Waals surface area contributed by atoms with Gasteiger partial charge < -0.3 is 30.0 Å². The van der Waals surface area contributed by atoms with E-state index < -0.39 is 0 Å². The maximum absolute atomic E-state index is 8.49. The van der Waals surface area contributed by atoms with E-state index in [4.69, 9.17) is 47.1 Å².